The number of benzene rings is 4. The molecule has 5 aromatic rings. The van der Waals surface area contributed by atoms with Crippen LogP contribution in [-0.2, 0) is 16.6 Å². The fourth-order valence-corrected chi connectivity index (χ4v) is 4.83. The number of carboxylic acids is 1. The molecule has 1 unspecified atom stereocenters. The highest BCUT2D eigenvalue weighted by molar-refractivity contribution is 5.96. The van der Waals surface area contributed by atoms with Crippen molar-refractivity contribution in [1.29, 1.82) is 0 Å². The predicted molar refractivity (Wildman–Crippen MR) is 171 cm³/mol. The van der Waals surface area contributed by atoms with Crippen LogP contribution in [0.2, 0.25) is 0 Å². The number of aliphatic carboxylic acids is 1. The number of aromatic nitrogens is 2. The van der Waals surface area contributed by atoms with Crippen LogP contribution in [0.4, 0.5) is 0 Å². The monoisotopic (exact) mass is 605 g/mol. The summed E-state index contributed by atoms with van der Waals surface area (Å²) >= 11 is 0. The molecule has 0 fully saturated rings. The Kier molecular flexibility index (Phi) is 8.99. The summed E-state index contributed by atoms with van der Waals surface area (Å²) in [5, 5.41) is 16.6. The standard InChI is InChI=1S/C36H35N3O6/c1-36(2,3)28-16-14-25(15-17-28)33(40)37-31(35(41)42)18-22-6-8-24(9-7-22)32-38-34(45-39-32)26-12-10-23(11-13-26)27-19-29(43-4)21-30(20-27)44-5/h6-17,19-21,31H,18H2,1-5H3,(H,37,40)(H,41,42). The number of hydrogen-bond donors (Lipinski definition) is 2. The second-order valence-corrected chi connectivity index (χ2v) is 11.7. The molecule has 1 aromatic heterocycles. The lowest BCUT2D eigenvalue weighted by molar-refractivity contribution is -0.139. The summed E-state index contributed by atoms with van der Waals surface area (Å²) in [4.78, 5) is 29.3. The van der Waals surface area contributed by atoms with E-state index >= 15 is 0 Å². The summed E-state index contributed by atoms with van der Waals surface area (Å²) < 4.78 is 16.3. The number of carbonyl (C=O) groups is 2. The van der Waals surface area contributed by atoms with Crippen LogP contribution >= 0.6 is 0 Å². The van der Waals surface area contributed by atoms with Crippen molar-refractivity contribution in [2.45, 2.75) is 38.6 Å². The molecular formula is C36H35N3O6. The molecule has 9 heteroatoms. The minimum Gasteiger partial charge on any atom is -0.497 e. The van der Waals surface area contributed by atoms with Gasteiger partial charge in [-0.3, -0.25) is 4.79 Å². The topological polar surface area (TPSA) is 124 Å². The van der Waals surface area contributed by atoms with Crippen LogP contribution in [0.1, 0.15) is 42.3 Å². The Morgan fingerprint density at radius 3 is 1.93 bits per heavy atom. The summed E-state index contributed by atoms with van der Waals surface area (Å²) in [7, 11) is 3.23. The number of carboxylic acid groups (broad SMARTS) is 1. The zero-order chi connectivity index (χ0) is 32.1. The molecule has 230 valence electrons. The maximum Gasteiger partial charge on any atom is 0.326 e. The number of nitrogens with one attached hydrogen (secondary N) is 1. The van der Waals surface area contributed by atoms with Gasteiger partial charge >= 0.3 is 5.97 Å². The summed E-state index contributed by atoms with van der Waals surface area (Å²) in [6, 6.07) is 26.7. The van der Waals surface area contributed by atoms with Gasteiger partial charge in [0.1, 0.15) is 17.5 Å². The average molecular weight is 606 g/mol. The molecule has 1 amide bonds. The lowest BCUT2D eigenvalue weighted by Gasteiger charge is -2.19. The van der Waals surface area contributed by atoms with Crippen LogP contribution in [-0.4, -0.2) is 47.4 Å². The molecule has 9 nitrogen and oxygen atoms in total. The summed E-state index contributed by atoms with van der Waals surface area (Å²) in [6.45, 7) is 6.27. The lowest BCUT2D eigenvalue weighted by Crippen LogP contribution is -2.42. The van der Waals surface area contributed by atoms with Gasteiger partial charge in [0.2, 0.25) is 5.82 Å². The van der Waals surface area contributed by atoms with E-state index in [9.17, 15) is 14.7 Å². The van der Waals surface area contributed by atoms with Crippen molar-refractivity contribution in [2.75, 3.05) is 14.2 Å². The maximum atomic E-state index is 12.8. The molecular weight excluding hydrogens is 570 g/mol. The maximum absolute atomic E-state index is 12.8. The lowest BCUT2D eigenvalue weighted by atomic mass is 9.86. The minimum absolute atomic E-state index is 0.0487. The molecule has 0 aliphatic rings. The van der Waals surface area contributed by atoms with Crippen LogP contribution in [0, 0.1) is 0 Å². The molecule has 1 atom stereocenters. The number of hydrogen-bond acceptors (Lipinski definition) is 7. The number of carbonyl (C=O) groups excluding carboxylic acids is 1. The summed E-state index contributed by atoms with van der Waals surface area (Å²) in [5.41, 5.74) is 5.58. The molecule has 45 heavy (non-hydrogen) atoms. The largest absolute Gasteiger partial charge is 0.497 e. The molecule has 2 N–H and O–H groups in total. The van der Waals surface area contributed by atoms with Gasteiger partial charge in [-0.15, -0.1) is 0 Å². The van der Waals surface area contributed by atoms with Crippen LogP contribution in [0.5, 0.6) is 11.5 Å². The molecule has 0 saturated carbocycles. The van der Waals surface area contributed by atoms with Gasteiger partial charge in [0.05, 0.1) is 14.2 Å². The van der Waals surface area contributed by atoms with Crippen molar-refractivity contribution in [3.63, 3.8) is 0 Å². The smallest absolute Gasteiger partial charge is 0.326 e. The first-order valence-corrected chi connectivity index (χ1v) is 14.4. The minimum atomic E-state index is -1.11. The predicted octanol–water partition coefficient (Wildman–Crippen LogP) is 6.81. The van der Waals surface area contributed by atoms with Gasteiger partial charge in [0.25, 0.3) is 11.8 Å². The average Bonchev–Trinajstić information content (AvgIpc) is 3.54. The van der Waals surface area contributed by atoms with Crippen molar-refractivity contribution in [3.8, 4) is 45.5 Å². The quantitative estimate of drug-likeness (QED) is 0.178. The molecule has 1 heterocycles. The van der Waals surface area contributed by atoms with Gasteiger partial charge < -0.3 is 24.4 Å². The molecule has 0 saturated heterocycles. The SMILES string of the molecule is COc1cc(OC)cc(-c2ccc(-c3nc(-c4ccc(CC(NC(=O)c5ccc(C(C)(C)C)cc5)C(=O)O)cc4)no3)cc2)c1. The fraction of sp³-hybridized carbons (Fsp3) is 0.222. The Labute approximate surface area is 261 Å². The van der Waals surface area contributed by atoms with Gasteiger partial charge in [-0.05, 0) is 64.1 Å². The number of rotatable bonds is 10. The van der Waals surface area contributed by atoms with E-state index in [1.807, 2.05) is 54.6 Å². The van der Waals surface area contributed by atoms with Crippen LogP contribution in [0.15, 0.2) is 95.5 Å². The van der Waals surface area contributed by atoms with E-state index in [1.54, 1.807) is 50.6 Å². The Bertz CT molecular complexity index is 1760. The summed E-state index contributed by atoms with van der Waals surface area (Å²) in [6.07, 6.45) is 0.116. The molecule has 5 rings (SSSR count). The third-order valence-electron chi connectivity index (χ3n) is 7.51. The third-order valence-corrected chi connectivity index (χ3v) is 7.51. The van der Waals surface area contributed by atoms with Crippen molar-refractivity contribution in [2.24, 2.45) is 0 Å². The Hall–Kier alpha value is -5.44. The van der Waals surface area contributed by atoms with E-state index in [1.165, 1.54) is 0 Å². The van der Waals surface area contributed by atoms with Gasteiger partial charge in [0, 0.05) is 29.2 Å². The fourth-order valence-electron chi connectivity index (χ4n) is 4.83. The van der Waals surface area contributed by atoms with Crippen LogP contribution in [0.3, 0.4) is 0 Å². The number of amides is 1. The first kappa shape index (κ1) is 31.0. The Balaban J connectivity index is 1.24. The normalized spacial score (nSPS) is 11.9. The van der Waals surface area contributed by atoms with E-state index in [4.69, 9.17) is 14.0 Å². The Morgan fingerprint density at radius 1 is 0.800 bits per heavy atom. The van der Waals surface area contributed by atoms with Gasteiger partial charge in [0.15, 0.2) is 0 Å². The van der Waals surface area contributed by atoms with Gasteiger partial charge in [-0.1, -0.05) is 74.5 Å². The first-order chi connectivity index (χ1) is 21.5. The summed E-state index contributed by atoms with van der Waals surface area (Å²) in [5.74, 6) is 0.624. The molecule has 0 aliphatic carbocycles. The molecule has 0 spiro atoms. The van der Waals surface area contributed by atoms with Crippen molar-refractivity contribution >= 4 is 11.9 Å². The second-order valence-electron chi connectivity index (χ2n) is 11.7. The van der Waals surface area contributed by atoms with Crippen molar-refractivity contribution in [1.82, 2.24) is 15.5 Å². The van der Waals surface area contributed by atoms with E-state index in [0.717, 1.165) is 27.8 Å². The molecule has 4 aromatic carbocycles. The second kappa shape index (κ2) is 13.1. The number of nitrogens with zero attached hydrogens (tertiary/aromatic N) is 2. The van der Waals surface area contributed by atoms with E-state index in [0.29, 0.717) is 34.3 Å². The zero-order valence-corrected chi connectivity index (χ0v) is 25.8. The highest BCUT2D eigenvalue weighted by atomic mass is 16.5. The molecule has 0 bridgehead atoms. The third kappa shape index (κ3) is 7.38. The van der Waals surface area contributed by atoms with Crippen molar-refractivity contribution < 1.29 is 28.7 Å². The van der Waals surface area contributed by atoms with E-state index < -0.39 is 17.9 Å². The van der Waals surface area contributed by atoms with E-state index in [-0.39, 0.29) is 11.8 Å². The van der Waals surface area contributed by atoms with Gasteiger partial charge in [-0.2, -0.15) is 4.98 Å². The molecule has 0 radical (unpaired) electrons. The van der Waals surface area contributed by atoms with E-state index in [2.05, 4.69) is 36.2 Å². The zero-order valence-electron chi connectivity index (χ0n) is 25.8. The highest BCUT2D eigenvalue weighted by Gasteiger charge is 2.22. The Morgan fingerprint density at radius 2 is 1.38 bits per heavy atom. The van der Waals surface area contributed by atoms with Gasteiger partial charge in [-0.25, -0.2) is 4.79 Å². The van der Waals surface area contributed by atoms with Crippen molar-refractivity contribution in [3.05, 3.63) is 108 Å². The molecule has 0 aliphatic heterocycles. The van der Waals surface area contributed by atoms with Crippen LogP contribution in [0.25, 0.3) is 34.0 Å². The number of methoxy groups -OCH3 is 2. The van der Waals surface area contributed by atoms with Crippen LogP contribution < -0.4 is 14.8 Å². The highest BCUT2D eigenvalue weighted by Crippen LogP contribution is 2.31. The first-order valence-electron chi connectivity index (χ1n) is 14.4. The number of ether oxygens (including phenoxy) is 2.